The normalized spacial score (nSPS) is 19.0. The van der Waals surface area contributed by atoms with Crippen LogP contribution in [0.5, 0.6) is 0 Å². The van der Waals surface area contributed by atoms with Crippen LogP contribution in [0.3, 0.4) is 0 Å². The molecule has 0 bridgehead atoms. The summed E-state index contributed by atoms with van der Waals surface area (Å²) in [7, 11) is 0. The molecule has 0 spiro atoms. The number of carbonyl (C=O) groups is 1. The number of hydrogen-bond donors (Lipinski definition) is 0. The molecule has 0 aromatic carbocycles. The summed E-state index contributed by atoms with van der Waals surface area (Å²) in [5.74, 6) is 0.138. The van der Waals surface area contributed by atoms with Gasteiger partial charge in [-0.3, -0.25) is 19.1 Å². The Morgan fingerprint density at radius 2 is 2.33 bits per heavy atom. The van der Waals surface area contributed by atoms with Crippen molar-refractivity contribution >= 4 is 33.7 Å². The fraction of sp³-hybridized carbons (Fsp3) is 0.353. The number of pyridine rings is 1. The fourth-order valence-corrected chi connectivity index (χ4v) is 4.30. The topological polar surface area (TPSA) is 50.5 Å². The number of hydrogen-bond acceptors (Lipinski definition) is 5. The van der Waals surface area contributed by atoms with E-state index in [9.17, 15) is 4.79 Å². The van der Waals surface area contributed by atoms with Gasteiger partial charge < -0.3 is 0 Å². The van der Waals surface area contributed by atoms with Gasteiger partial charge in [-0.25, -0.2) is 4.98 Å². The Labute approximate surface area is 148 Å². The highest BCUT2D eigenvalue weighted by atomic mass is 35.5. The van der Waals surface area contributed by atoms with Crippen molar-refractivity contribution in [3.8, 4) is 0 Å². The number of imidazole rings is 1. The Morgan fingerprint density at radius 3 is 3.17 bits per heavy atom. The van der Waals surface area contributed by atoms with Crippen molar-refractivity contribution in [3.05, 3.63) is 52.5 Å². The molecule has 0 radical (unpaired) electrons. The van der Waals surface area contributed by atoms with Crippen molar-refractivity contribution in [1.82, 2.24) is 19.3 Å². The third kappa shape index (κ3) is 2.97. The summed E-state index contributed by atoms with van der Waals surface area (Å²) in [5.41, 5.74) is 1.56. The van der Waals surface area contributed by atoms with E-state index in [4.69, 9.17) is 11.6 Å². The Bertz CT molecular complexity index is 860. The van der Waals surface area contributed by atoms with Crippen LogP contribution in [0.15, 0.2) is 36.0 Å². The van der Waals surface area contributed by atoms with Crippen LogP contribution in [0.2, 0.25) is 5.15 Å². The second kappa shape index (κ2) is 6.63. The van der Waals surface area contributed by atoms with Gasteiger partial charge in [-0.1, -0.05) is 17.7 Å². The van der Waals surface area contributed by atoms with Crippen LogP contribution in [-0.4, -0.2) is 38.1 Å². The number of nitrogens with zero attached hydrogens (tertiary/aromatic N) is 4. The third-order valence-corrected chi connectivity index (χ3v) is 5.54. The number of aromatic nitrogens is 3. The lowest BCUT2D eigenvalue weighted by Gasteiger charge is -2.31. The third-order valence-electron chi connectivity index (χ3n) is 4.48. The lowest BCUT2D eigenvalue weighted by Crippen LogP contribution is -2.38. The first kappa shape index (κ1) is 15.7. The van der Waals surface area contributed by atoms with E-state index < -0.39 is 0 Å². The smallest absolute Gasteiger partial charge is 0.195 e. The van der Waals surface area contributed by atoms with Gasteiger partial charge in [0, 0.05) is 36.8 Å². The Kier molecular flexibility index (Phi) is 4.35. The highest BCUT2D eigenvalue weighted by Gasteiger charge is 2.28. The number of likely N-dealkylation sites (tertiary alicyclic amines) is 1. The standard InChI is InChI=1S/C17H17ClN4OS/c18-16-14(22-8-9-24-17(22)20-16)11-21-7-3-4-12(10-21)15(23)13-5-1-2-6-19-13/h1-2,5-6,8-9,12H,3-4,7,10-11H2. The molecule has 1 atom stereocenters. The second-order valence-electron chi connectivity index (χ2n) is 6.06. The van der Waals surface area contributed by atoms with Crippen molar-refractivity contribution in [3.63, 3.8) is 0 Å². The summed E-state index contributed by atoms with van der Waals surface area (Å²) in [6.45, 7) is 2.42. The minimum atomic E-state index is -0.00156. The number of Topliss-reactive ketones (excluding diaryl/α,β-unsaturated/α-hetero) is 1. The van der Waals surface area contributed by atoms with Crippen LogP contribution in [0.1, 0.15) is 29.0 Å². The van der Waals surface area contributed by atoms with Gasteiger partial charge in [0.15, 0.2) is 15.9 Å². The molecule has 3 aromatic rings. The summed E-state index contributed by atoms with van der Waals surface area (Å²) < 4.78 is 2.04. The average molecular weight is 361 g/mol. The second-order valence-corrected chi connectivity index (χ2v) is 7.29. The van der Waals surface area contributed by atoms with Crippen LogP contribution < -0.4 is 0 Å². The van der Waals surface area contributed by atoms with E-state index in [2.05, 4.69) is 14.9 Å². The lowest BCUT2D eigenvalue weighted by molar-refractivity contribution is 0.0805. The minimum Gasteiger partial charge on any atom is -0.297 e. The van der Waals surface area contributed by atoms with Gasteiger partial charge in [-0.2, -0.15) is 0 Å². The van der Waals surface area contributed by atoms with Crippen LogP contribution in [0.4, 0.5) is 0 Å². The predicted octanol–water partition coefficient (Wildman–Crippen LogP) is 3.54. The molecule has 1 aliphatic heterocycles. The summed E-state index contributed by atoms with van der Waals surface area (Å²) in [6.07, 6.45) is 5.59. The van der Waals surface area contributed by atoms with Gasteiger partial charge in [0.05, 0.1) is 5.69 Å². The lowest BCUT2D eigenvalue weighted by atomic mass is 9.92. The molecule has 1 unspecified atom stereocenters. The van der Waals surface area contributed by atoms with Gasteiger partial charge in [-0.05, 0) is 31.5 Å². The van der Waals surface area contributed by atoms with Gasteiger partial charge in [0.25, 0.3) is 0 Å². The molecule has 4 heterocycles. The van der Waals surface area contributed by atoms with E-state index in [1.165, 1.54) is 0 Å². The minimum absolute atomic E-state index is 0.00156. The molecule has 0 saturated carbocycles. The van der Waals surface area contributed by atoms with Crippen molar-refractivity contribution in [2.24, 2.45) is 5.92 Å². The molecule has 1 fully saturated rings. The van der Waals surface area contributed by atoms with Crippen LogP contribution in [0, 0.1) is 5.92 Å². The molecule has 1 aliphatic rings. The number of thiazole rings is 1. The van der Waals surface area contributed by atoms with Crippen molar-refractivity contribution in [2.45, 2.75) is 19.4 Å². The molecule has 7 heteroatoms. The molecule has 0 amide bonds. The zero-order valence-electron chi connectivity index (χ0n) is 13.1. The van der Waals surface area contributed by atoms with Gasteiger partial charge in [0.1, 0.15) is 5.69 Å². The average Bonchev–Trinajstić information content (AvgIpc) is 3.18. The first-order chi connectivity index (χ1) is 11.7. The van der Waals surface area contributed by atoms with E-state index in [1.54, 1.807) is 23.6 Å². The van der Waals surface area contributed by atoms with Crippen molar-refractivity contribution < 1.29 is 4.79 Å². The number of fused-ring (bicyclic) bond motifs is 1. The summed E-state index contributed by atoms with van der Waals surface area (Å²) >= 11 is 7.87. The van der Waals surface area contributed by atoms with Crippen molar-refractivity contribution in [2.75, 3.05) is 13.1 Å². The first-order valence-corrected chi connectivity index (χ1v) is 9.25. The maximum atomic E-state index is 12.7. The zero-order valence-corrected chi connectivity index (χ0v) is 14.6. The number of piperidine rings is 1. The van der Waals surface area contributed by atoms with E-state index >= 15 is 0 Å². The summed E-state index contributed by atoms with van der Waals surface area (Å²) in [6, 6.07) is 5.49. The molecule has 0 N–H and O–H groups in total. The number of ketones is 1. The van der Waals surface area contributed by atoms with Crippen molar-refractivity contribution in [1.29, 1.82) is 0 Å². The zero-order chi connectivity index (χ0) is 16.5. The molecule has 1 saturated heterocycles. The van der Waals surface area contributed by atoms with Gasteiger partial charge in [-0.15, -0.1) is 11.3 Å². The van der Waals surface area contributed by atoms with E-state index in [-0.39, 0.29) is 11.7 Å². The largest absolute Gasteiger partial charge is 0.297 e. The molecule has 0 aliphatic carbocycles. The molecule has 24 heavy (non-hydrogen) atoms. The number of rotatable bonds is 4. The highest BCUT2D eigenvalue weighted by Crippen LogP contribution is 2.26. The predicted molar refractivity (Wildman–Crippen MR) is 94.6 cm³/mol. The quantitative estimate of drug-likeness (QED) is 0.668. The molecular formula is C17H17ClN4OS. The van der Waals surface area contributed by atoms with E-state index in [1.807, 2.05) is 28.1 Å². The molecule has 124 valence electrons. The number of carbonyl (C=O) groups excluding carboxylic acids is 1. The summed E-state index contributed by atoms with van der Waals surface area (Å²) in [5, 5.41) is 2.56. The summed E-state index contributed by atoms with van der Waals surface area (Å²) in [4.78, 5) is 24.4. The maximum Gasteiger partial charge on any atom is 0.195 e. The molecule has 4 rings (SSSR count). The number of halogens is 1. The molecular weight excluding hydrogens is 344 g/mol. The fourth-order valence-electron chi connectivity index (χ4n) is 3.29. The van der Waals surface area contributed by atoms with E-state index in [0.717, 1.165) is 36.6 Å². The molecule has 5 nitrogen and oxygen atoms in total. The Morgan fingerprint density at radius 1 is 1.42 bits per heavy atom. The monoisotopic (exact) mass is 360 g/mol. The van der Waals surface area contributed by atoms with Crippen LogP contribution in [0.25, 0.3) is 4.96 Å². The highest BCUT2D eigenvalue weighted by molar-refractivity contribution is 7.15. The van der Waals surface area contributed by atoms with Gasteiger partial charge >= 0.3 is 0 Å². The Hall–Kier alpha value is -1.76. The van der Waals surface area contributed by atoms with Crippen LogP contribution in [-0.2, 0) is 6.54 Å². The first-order valence-electron chi connectivity index (χ1n) is 8.00. The maximum absolute atomic E-state index is 12.7. The van der Waals surface area contributed by atoms with E-state index in [0.29, 0.717) is 17.4 Å². The van der Waals surface area contributed by atoms with Gasteiger partial charge in [0.2, 0.25) is 0 Å². The SMILES string of the molecule is O=C(c1ccccn1)C1CCCN(Cc2c(Cl)nc3sccn23)C1. The molecule has 3 aromatic heterocycles. The Balaban J connectivity index is 1.50. The van der Waals surface area contributed by atoms with Crippen LogP contribution >= 0.6 is 22.9 Å².